The van der Waals surface area contributed by atoms with Gasteiger partial charge in [0.15, 0.2) is 0 Å². The highest BCUT2D eigenvalue weighted by atomic mass is 16.6. The van der Waals surface area contributed by atoms with Gasteiger partial charge >= 0.3 is 5.97 Å². The summed E-state index contributed by atoms with van der Waals surface area (Å²) in [4.78, 5) is 21.2. The first-order valence-corrected chi connectivity index (χ1v) is 3.90. The van der Waals surface area contributed by atoms with E-state index in [2.05, 4.69) is 0 Å². The standard InChI is InChI=1S/C8H12O4/c1-5(9)3-8(10)11-4-7-6(2)12-7/h6-7H,3-4H2,1-2H3. The molecule has 0 bridgehead atoms. The van der Waals surface area contributed by atoms with Gasteiger partial charge in [-0.2, -0.15) is 0 Å². The number of ether oxygens (including phenoxy) is 2. The molecule has 2 atom stereocenters. The Morgan fingerprint density at radius 1 is 1.50 bits per heavy atom. The first-order valence-electron chi connectivity index (χ1n) is 3.90. The van der Waals surface area contributed by atoms with E-state index < -0.39 is 5.97 Å². The zero-order valence-electron chi connectivity index (χ0n) is 7.20. The van der Waals surface area contributed by atoms with Crippen molar-refractivity contribution in [1.29, 1.82) is 0 Å². The van der Waals surface area contributed by atoms with Crippen LogP contribution in [0.5, 0.6) is 0 Å². The number of hydrogen-bond donors (Lipinski definition) is 0. The summed E-state index contributed by atoms with van der Waals surface area (Å²) in [5.41, 5.74) is 0. The minimum Gasteiger partial charge on any atom is -0.462 e. The van der Waals surface area contributed by atoms with Crippen LogP contribution < -0.4 is 0 Å². The Labute approximate surface area is 70.8 Å². The molecule has 0 aromatic carbocycles. The van der Waals surface area contributed by atoms with Gasteiger partial charge in [0.1, 0.15) is 24.9 Å². The second-order valence-electron chi connectivity index (χ2n) is 2.94. The number of rotatable bonds is 4. The van der Waals surface area contributed by atoms with Crippen LogP contribution in [0.25, 0.3) is 0 Å². The first-order chi connectivity index (χ1) is 5.59. The monoisotopic (exact) mass is 172 g/mol. The Balaban J connectivity index is 2.06. The SMILES string of the molecule is CC(=O)CC(=O)OCC1OC1C. The van der Waals surface area contributed by atoms with E-state index in [0.29, 0.717) is 0 Å². The maximum Gasteiger partial charge on any atom is 0.313 e. The van der Waals surface area contributed by atoms with Crippen LogP contribution in [0.1, 0.15) is 20.3 Å². The molecule has 1 aliphatic rings. The smallest absolute Gasteiger partial charge is 0.313 e. The van der Waals surface area contributed by atoms with Crippen molar-refractivity contribution in [3.63, 3.8) is 0 Å². The summed E-state index contributed by atoms with van der Waals surface area (Å²) in [6.07, 6.45) is 0.0946. The maximum atomic E-state index is 10.8. The van der Waals surface area contributed by atoms with Crippen LogP contribution in [-0.4, -0.2) is 30.6 Å². The van der Waals surface area contributed by atoms with Crippen molar-refractivity contribution in [2.45, 2.75) is 32.5 Å². The van der Waals surface area contributed by atoms with Crippen molar-refractivity contribution in [3.8, 4) is 0 Å². The fourth-order valence-electron chi connectivity index (χ4n) is 0.835. The molecule has 1 rings (SSSR count). The highest BCUT2D eigenvalue weighted by Gasteiger charge is 2.35. The number of hydrogen-bond acceptors (Lipinski definition) is 4. The second-order valence-corrected chi connectivity index (χ2v) is 2.94. The molecule has 68 valence electrons. The molecule has 0 radical (unpaired) electrons. The third-order valence-corrected chi connectivity index (χ3v) is 1.64. The van der Waals surface area contributed by atoms with Crippen LogP contribution in [0.2, 0.25) is 0 Å². The Bertz CT molecular complexity index is 199. The number of carbonyl (C=O) groups is 2. The predicted octanol–water partition coefficient (Wildman–Crippen LogP) is 0.296. The van der Waals surface area contributed by atoms with E-state index in [1.54, 1.807) is 0 Å². The van der Waals surface area contributed by atoms with Crippen LogP contribution in [0.3, 0.4) is 0 Å². The lowest BCUT2D eigenvalue weighted by Gasteiger charge is -1.99. The lowest BCUT2D eigenvalue weighted by atomic mass is 10.3. The summed E-state index contributed by atoms with van der Waals surface area (Å²) in [5.74, 6) is -0.644. The zero-order valence-corrected chi connectivity index (χ0v) is 7.20. The third-order valence-electron chi connectivity index (χ3n) is 1.64. The van der Waals surface area contributed by atoms with Gasteiger partial charge in [0.25, 0.3) is 0 Å². The summed E-state index contributed by atoms with van der Waals surface area (Å²) in [5, 5.41) is 0. The molecule has 0 aliphatic carbocycles. The molecular weight excluding hydrogens is 160 g/mol. The van der Waals surface area contributed by atoms with E-state index in [1.165, 1.54) is 6.92 Å². The van der Waals surface area contributed by atoms with Gasteiger partial charge in [-0.25, -0.2) is 0 Å². The van der Waals surface area contributed by atoms with E-state index >= 15 is 0 Å². The number of Topliss-reactive ketones (excluding diaryl/α,β-unsaturated/α-hetero) is 1. The summed E-state index contributed by atoms with van der Waals surface area (Å²) >= 11 is 0. The molecule has 2 unspecified atom stereocenters. The highest BCUT2D eigenvalue weighted by Crippen LogP contribution is 2.20. The maximum absolute atomic E-state index is 10.8. The molecule has 4 nitrogen and oxygen atoms in total. The predicted molar refractivity (Wildman–Crippen MR) is 40.6 cm³/mol. The van der Waals surface area contributed by atoms with Crippen molar-refractivity contribution >= 4 is 11.8 Å². The quantitative estimate of drug-likeness (QED) is 0.347. The van der Waals surface area contributed by atoms with E-state index in [0.717, 1.165) is 0 Å². The second kappa shape index (κ2) is 3.67. The van der Waals surface area contributed by atoms with Crippen molar-refractivity contribution in [2.75, 3.05) is 6.61 Å². The van der Waals surface area contributed by atoms with Crippen molar-refractivity contribution in [1.82, 2.24) is 0 Å². The Morgan fingerprint density at radius 2 is 2.08 bits per heavy atom. The van der Waals surface area contributed by atoms with Gasteiger partial charge in [0.05, 0.1) is 6.10 Å². The molecule has 1 saturated heterocycles. The van der Waals surface area contributed by atoms with Gasteiger partial charge in [-0.05, 0) is 13.8 Å². The minimum atomic E-state index is -0.467. The molecule has 0 spiro atoms. The molecular formula is C8H12O4. The Hall–Kier alpha value is -0.900. The van der Waals surface area contributed by atoms with E-state index in [4.69, 9.17) is 9.47 Å². The summed E-state index contributed by atoms with van der Waals surface area (Å²) in [6, 6.07) is 0. The molecule has 1 fully saturated rings. The average Bonchev–Trinajstić information content (AvgIpc) is 2.61. The Kier molecular flexibility index (Phi) is 2.81. The number of esters is 1. The van der Waals surface area contributed by atoms with E-state index in [-0.39, 0.29) is 31.0 Å². The topological polar surface area (TPSA) is 55.9 Å². The number of carbonyl (C=O) groups excluding carboxylic acids is 2. The highest BCUT2D eigenvalue weighted by molar-refractivity contribution is 5.94. The van der Waals surface area contributed by atoms with Crippen LogP contribution in [0.4, 0.5) is 0 Å². The van der Waals surface area contributed by atoms with Crippen molar-refractivity contribution in [3.05, 3.63) is 0 Å². The molecule has 0 amide bonds. The van der Waals surface area contributed by atoms with Crippen LogP contribution in [0.15, 0.2) is 0 Å². The average molecular weight is 172 g/mol. The molecule has 0 saturated carbocycles. The molecule has 1 aliphatic heterocycles. The molecule has 0 aromatic heterocycles. The summed E-state index contributed by atoms with van der Waals surface area (Å²) < 4.78 is 9.77. The lowest BCUT2D eigenvalue weighted by Crippen LogP contribution is -2.13. The fraction of sp³-hybridized carbons (Fsp3) is 0.750. The molecule has 12 heavy (non-hydrogen) atoms. The van der Waals surface area contributed by atoms with Crippen molar-refractivity contribution in [2.24, 2.45) is 0 Å². The molecule has 0 aromatic rings. The lowest BCUT2D eigenvalue weighted by molar-refractivity contribution is -0.146. The largest absolute Gasteiger partial charge is 0.462 e. The van der Waals surface area contributed by atoms with Gasteiger partial charge in [0.2, 0.25) is 0 Å². The van der Waals surface area contributed by atoms with Gasteiger partial charge < -0.3 is 9.47 Å². The molecule has 0 N–H and O–H groups in total. The van der Waals surface area contributed by atoms with Gasteiger partial charge in [-0.15, -0.1) is 0 Å². The normalized spacial score (nSPS) is 26.5. The zero-order chi connectivity index (χ0) is 9.14. The fourth-order valence-corrected chi connectivity index (χ4v) is 0.835. The van der Waals surface area contributed by atoms with Gasteiger partial charge in [-0.1, -0.05) is 0 Å². The van der Waals surface area contributed by atoms with Gasteiger partial charge in [-0.3, -0.25) is 9.59 Å². The van der Waals surface area contributed by atoms with E-state index in [1.807, 2.05) is 6.92 Å². The summed E-state index contributed by atoms with van der Waals surface area (Å²) in [7, 11) is 0. The molecule has 1 heterocycles. The number of epoxide rings is 1. The van der Waals surface area contributed by atoms with Crippen LogP contribution >= 0.6 is 0 Å². The third kappa shape index (κ3) is 3.00. The Morgan fingerprint density at radius 3 is 2.50 bits per heavy atom. The summed E-state index contributed by atoms with van der Waals surface area (Å²) in [6.45, 7) is 3.54. The van der Waals surface area contributed by atoms with Gasteiger partial charge in [0, 0.05) is 0 Å². The van der Waals surface area contributed by atoms with E-state index in [9.17, 15) is 9.59 Å². The molecule has 4 heteroatoms. The van der Waals surface area contributed by atoms with Crippen molar-refractivity contribution < 1.29 is 19.1 Å². The van der Waals surface area contributed by atoms with Crippen LogP contribution in [-0.2, 0) is 19.1 Å². The minimum absolute atomic E-state index is 0.0425. The van der Waals surface area contributed by atoms with Crippen LogP contribution in [0, 0.1) is 0 Å². The number of ketones is 1. The first kappa shape index (κ1) is 9.19.